The first-order valence-electron chi connectivity index (χ1n) is 8.67. The van der Waals surface area contributed by atoms with E-state index in [0.29, 0.717) is 12.3 Å². The number of rotatable bonds is 4. The van der Waals surface area contributed by atoms with E-state index in [9.17, 15) is 4.79 Å². The summed E-state index contributed by atoms with van der Waals surface area (Å²) in [7, 11) is 1.74. The van der Waals surface area contributed by atoms with Gasteiger partial charge in [-0.3, -0.25) is 9.69 Å². The number of hydrogen-bond acceptors (Lipinski definition) is 3. The van der Waals surface area contributed by atoms with Gasteiger partial charge in [-0.25, -0.2) is 0 Å². The summed E-state index contributed by atoms with van der Waals surface area (Å²) in [6.07, 6.45) is 2.93. The van der Waals surface area contributed by atoms with Gasteiger partial charge < -0.3 is 10.1 Å². The summed E-state index contributed by atoms with van der Waals surface area (Å²) in [5.74, 6) is 1.73. The lowest BCUT2D eigenvalue weighted by atomic mass is 9.77. The lowest BCUT2D eigenvalue weighted by Crippen LogP contribution is -2.40. The number of nitrogens with one attached hydrogen (secondary N) is 1. The highest BCUT2D eigenvalue weighted by Crippen LogP contribution is 2.38. The molecule has 0 radical (unpaired) electrons. The van der Waals surface area contributed by atoms with Crippen molar-refractivity contribution in [3.63, 3.8) is 0 Å². The Balaban J connectivity index is 1.66. The van der Waals surface area contributed by atoms with Crippen LogP contribution >= 0.6 is 0 Å². The summed E-state index contributed by atoms with van der Waals surface area (Å²) in [5, 5.41) is 3.01. The summed E-state index contributed by atoms with van der Waals surface area (Å²) in [6, 6.07) is 6.54. The van der Waals surface area contributed by atoms with Crippen molar-refractivity contribution < 1.29 is 9.53 Å². The molecule has 1 aromatic carbocycles. The molecule has 2 aliphatic rings. The molecule has 4 nitrogen and oxygen atoms in total. The van der Waals surface area contributed by atoms with E-state index in [4.69, 9.17) is 4.74 Å². The average molecular weight is 316 g/mol. The molecule has 2 aliphatic heterocycles. The van der Waals surface area contributed by atoms with E-state index in [-0.39, 0.29) is 11.3 Å². The predicted molar refractivity (Wildman–Crippen MR) is 91.7 cm³/mol. The number of carbonyl (C=O) groups excluding carboxylic acids is 1. The zero-order valence-electron chi connectivity index (χ0n) is 14.5. The summed E-state index contributed by atoms with van der Waals surface area (Å²) in [5.41, 5.74) is 2.85. The molecule has 0 atom stereocenters. The minimum absolute atomic E-state index is 0.220. The molecule has 1 N–H and O–H groups in total. The number of nitrogens with zero attached hydrogens (tertiary/aromatic N) is 1. The van der Waals surface area contributed by atoms with Crippen LogP contribution in [0.5, 0.6) is 5.75 Å². The summed E-state index contributed by atoms with van der Waals surface area (Å²) < 4.78 is 5.55. The molecule has 1 spiro atoms. The van der Waals surface area contributed by atoms with Gasteiger partial charge in [-0.1, -0.05) is 26.0 Å². The second-order valence-corrected chi connectivity index (χ2v) is 7.46. The number of carbonyl (C=O) groups is 1. The molecular formula is C19H28N2O2. The SMILES string of the molecule is COc1ccc(C(C)C)cc1CN1CCC2(CC1)CNC(=O)C2. The van der Waals surface area contributed by atoms with Gasteiger partial charge in [0.2, 0.25) is 5.91 Å². The van der Waals surface area contributed by atoms with Crippen LogP contribution in [0.4, 0.5) is 0 Å². The van der Waals surface area contributed by atoms with Crippen LogP contribution in [0.3, 0.4) is 0 Å². The predicted octanol–water partition coefficient (Wildman–Crippen LogP) is 2.92. The van der Waals surface area contributed by atoms with Crippen molar-refractivity contribution in [2.75, 3.05) is 26.7 Å². The van der Waals surface area contributed by atoms with Gasteiger partial charge in [0, 0.05) is 25.1 Å². The van der Waals surface area contributed by atoms with Crippen LogP contribution in [0, 0.1) is 5.41 Å². The number of ether oxygens (including phenoxy) is 1. The number of likely N-dealkylation sites (tertiary alicyclic amines) is 1. The quantitative estimate of drug-likeness (QED) is 0.928. The number of methoxy groups -OCH3 is 1. The Morgan fingerprint density at radius 2 is 2.04 bits per heavy atom. The number of hydrogen-bond donors (Lipinski definition) is 1. The van der Waals surface area contributed by atoms with E-state index in [1.807, 2.05) is 0 Å². The van der Waals surface area contributed by atoms with E-state index in [1.54, 1.807) is 7.11 Å². The highest BCUT2D eigenvalue weighted by atomic mass is 16.5. The van der Waals surface area contributed by atoms with Gasteiger partial charge >= 0.3 is 0 Å². The van der Waals surface area contributed by atoms with Crippen LogP contribution in [0.25, 0.3) is 0 Å². The molecule has 3 rings (SSSR count). The molecule has 1 amide bonds. The van der Waals surface area contributed by atoms with Crippen molar-refractivity contribution in [2.24, 2.45) is 5.41 Å². The van der Waals surface area contributed by atoms with Gasteiger partial charge in [-0.15, -0.1) is 0 Å². The second-order valence-electron chi connectivity index (χ2n) is 7.46. The van der Waals surface area contributed by atoms with Crippen molar-refractivity contribution in [3.05, 3.63) is 29.3 Å². The third kappa shape index (κ3) is 3.52. The molecule has 126 valence electrons. The molecule has 2 saturated heterocycles. The lowest BCUT2D eigenvalue weighted by Gasteiger charge is -2.38. The molecule has 4 heteroatoms. The average Bonchev–Trinajstić information content (AvgIpc) is 2.90. The van der Waals surface area contributed by atoms with Gasteiger partial charge in [-0.05, 0) is 48.9 Å². The van der Waals surface area contributed by atoms with Crippen molar-refractivity contribution >= 4 is 5.91 Å². The van der Waals surface area contributed by atoms with Crippen molar-refractivity contribution in [2.45, 2.75) is 45.6 Å². The van der Waals surface area contributed by atoms with Crippen LogP contribution in [-0.2, 0) is 11.3 Å². The normalized spacial score (nSPS) is 21.0. The molecule has 0 aromatic heterocycles. The van der Waals surface area contributed by atoms with E-state index < -0.39 is 0 Å². The first-order chi connectivity index (χ1) is 11.0. The summed E-state index contributed by atoms with van der Waals surface area (Å²) in [6.45, 7) is 8.36. The molecule has 2 heterocycles. The first kappa shape index (κ1) is 16.3. The third-order valence-corrected chi connectivity index (χ3v) is 5.48. The number of amides is 1. The monoisotopic (exact) mass is 316 g/mol. The molecule has 0 unspecified atom stereocenters. The fourth-order valence-corrected chi connectivity index (χ4v) is 3.81. The maximum absolute atomic E-state index is 11.5. The summed E-state index contributed by atoms with van der Waals surface area (Å²) in [4.78, 5) is 14.0. The van der Waals surface area contributed by atoms with Crippen molar-refractivity contribution in [1.82, 2.24) is 10.2 Å². The number of piperidine rings is 1. The maximum atomic E-state index is 11.5. The van der Waals surface area contributed by atoms with E-state index in [0.717, 1.165) is 44.8 Å². The van der Waals surface area contributed by atoms with E-state index >= 15 is 0 Å². The molecule has 1 aromatic rings. The zero-order valence-corrected chi connectivity index (χ0v) is 14.5. The smallest absolute Gasteiger partial charge is 0.220 e. The standard InChI is InChI=1S/C19H28N2O2/c1-14(2)15-4-5-17(23-3)16(10-15)12-21-8-6-19(7-9-21)11-18(22)20-13-19/h4-5,10,14H,6-9,11-13H2,1-3H3,(H,20,22). The van der Waals surface area contributed by atoms with Crippen LogP contribution in [0.2, 0.25) is 0 Å². The van der Waals surface area contributed by atoms with Gasteiger partial charge in [0.15, 0.2) is 0 Å². The van der Waals surface area contributed by atoms with Gasteiger partial charge in [0.1, 0.15) is 5.75 Å². The fraction of sp³-hybridized carbons (Fsp3) is 0.632. The Bertz CT molecular complexity index is 575. The van der Waals surface area contributed by atoms with Crippen LogP contribution < -0.4 is 10.1 Å². The Kier molecular flexibility index (Phi) is 4.62. The van der Waals surface area contributed by atoms with E-state index in [2.05, 4.69) is 42.3 Å². The minimum Gasteiger partial charge on any atom is -0.496 e. The molecule has 2 fully saturated rings. The van der Waals surface area contributed by atoms with Gasteiger partial charge in [-0.2, -0.15) is 0 Å². The molecular weight excluding hydrogens is 288 g/mol. The Morgan fingerprint density at radius 3 is 2.61 bits per heavy atom. The first-order valence-corrected chi connectivity index (χ1v) is 8.67. The third-order valence-electron chi connectivity index (χ3n) is 5.48. The lowest BCUT2D eigenvalue weighted by molar-refractivity contribution is -0.119. The van der Waals surface area contributed by atoms with Crippen molar-refractivity contribution in [3.8, 4) is 5.75 Å². The Labute approximate surface area is 139 Å². The summed E-state index contributed by atoms with van der Waals surface area (Å²) >= 11 is 0. The minimum atomic E-state index is 0.220. The van der Waals surface area contributed by atoms with Gasteiger partial charge in [0.25, 0.3) is 0 Å². The van der Waals surface area contributed by atoms with E-state index in [1.165, 1.54) is 11.1 Å². The van der Waals surface area contributed by atoms with Crippen LogP contribution in [-0.4, -0.2) is 37.6 Å². The largest absolute Gasteiger partial charge is 0.496 e. The molecule has 0 saturated carbocycles. The Morgan fingerprint density at radius 1 is 1.30 bits per heavy atom. The van der Waals surface area contributed by atoms with Gasteiger partial charge in [0.05, 0.1) is 7.11 Å². The van der Waals surface area contributed by atoms with Crippen molar-refractivity contribution in [1.29, 1.82) is 0 Å². The molecule has 0 bridgehead atoms. The number of benzene rings is 1. The molecule has 23 heavy (non-hydrogen) atoms. The zero-order chi connectivity index (χ0) is 16.4. The Hall–Kier alpha value is -1.55. The fourth-order valence-electron chi connectivity index (χ4n) is 3.81. The second kappa shape index (κ2) is 6.52. The molecule has 0 aliphatic carbocycles. The van der Waals surface area contributed by atoms with Crippen LogP contribution in [0.15, 0.2) is 18.2 Å². The van der Waals surface area contributed by atoms with Crippen LogP contribution in [0.1, 0.15) is 50.2 Å². The highest BCUT2D eigenvalue weighted by Gasteiger charge is 2.40. The highest BCUT2D eigenvalue weighted by molar-refractivity contribution is 5.79. The maximum Gasteiger partial charge on any atom is 0.220 e. The topological polar surface area (TPSA) is 41.6 Å².